The van der Waals surface area contributed by atoms with E-state index in [2.05, 4.69) is 10.2 Å². The highest BCUT2D eigenvalue weighted by atomic mass is 32.2. The number of ether oxygens (including phenoxy) is 2. The Kier molecular flexibility index (Phi) is 6.25. The van der Waals surface area contributed by atoms with Gasteiger partial charge in [-0.2, -0.15) is 0 Å². The van der Waals surface area contributed by atoms with Gasteiger partial charge in [-0.3, -0.25) is 4.79 Å². The number of amides is 1. The topological polar surface area (TPSA) is 90.8 Å². The van der Waals surface area contributed by atoms with E-state index in [0.717, 1.165) is 11.1 Å². The lowest BCUT2D eigenvalue weighted by atomic mass is 10.1. The minimum Gasteiger partial charge on any atom is -0.493 e. The Bertz CT molecular complexity index is 939. The first-order valence-corrected chi connectivity index (χ1v) is 9.46. The molecule has 0 aliphatic heterocycles. The summed E-state index contributed by atoms with van der Waals surface area (Å²) in [5.74, 6) is 2.20. The van der Waals surface area contributed by atoms with Crippen molar-refractivity contribution in [2.24, 2.45) is 0 Å². The van der Waals surface area contributed by atoms with Gasteiger partial charge >= 0.3 is 0 Å². The van der Waals surface area contributed by atoms with E-state index >= 15 is 0 Å². The zero-order valence-electron chi connectivity index (χ0n) is 16.1. The van der Waals surface area contributed by atoms with Gasteiger partial charge in [0.05, 0.1) is 26.2 Å². The Labute approximate surface area is 166 Å². The number of aryl methyl sites for hydroxylation is 1. The van der Waals surface area contributed by atoms with Gasteiger partial charge in [0, 0.05) is 13.6 Å². The van der Waals surface area contributed by atoms with Crippen LogP contribution in [-0.4, -0.2) is 48.0 Å². The maximum atomic E-state index is 12.5. The molecule has 3 aromatic rings. The molecule has 1 amide bonds. The first-order valence-electron chi connectivity index (χ1n) is 8.47. The van der Waals surface area contributed by atoms with Gasteiger partial charge in [-0.1, -0.05) is 11.8 Å². The standard InChI is InChI=1S/C19H21N3O5S/c1-12-8-15(24-3)16(25-4)9-13(12)10-22(2)17(23)11-28-19-21-20-18(27-19)14-6-5-7-26-14/h5-9H,10-11H2,1-4H3. The quantitative estimate of drug-likeness (QED) is 0.529. The minimum absolute atomic E-state index is 0.0584. The first-order chi connectivity index (χ1) is 13.5. The van der Waals surface area contributed by atoms with Crippen molar-refractivity contribution >= 4 is 17.7 Å². The van der Waals surface area contributed by atoms with Crippen LogP contribution in [0, 0.1) is 6.92 Å². The third-order valence-electron chi connectivity index (χ3n) is 4.13. The van der Waals surface area contributed by atoms with Gasteiger partial charge in [0.25, 0.3) is 11.1 Å². The number of rotatable bonds is 8. The molecule has 148 valence electrons. The highest BCUT2D eigenvalue weighted by molar-refractivity contribution is 7.99. The number of hydrogen-bond donors (Lipinski definition) is 0. The van der Waals surface area contributed by atoms with Crippen LogP contribution in [0.4, 0.5) is 0 Å². The molecule has 0 N–H and O–H groups in total. The minimum atomic E-state index is -0.0584. The Morgan fingerprint density at radius 2 is 1.96 bits per heavy atom. The molecule has 0 saturated carbocycles. The number of benzene rings is 1. The molecule has 0 bridgehead atoms. The number of carbonyl (C=O) groups excluding carboxylic acids is 1. The van der Waals surface area contributed by atoms with Crippen molar-refractivity contribution < 1.29 is 23.1 Å². The van der Waals surface area contributed by atoms with Crippen LogP contribution in [0.1, 0.15) is 11.1 Å². The fourth-order valence-electron chi connectivity index (χ4n) is 2.54. The molecule has 3 rings (SSSR count). The molecule has 0 aliphatic carbocycles. The van der Waals surface area contributed by atoms with E-state index in [-0.39, 0.29) is 17.6 Å². The van der Waals surface area contributed by atoms with E-state index in [1.165, 1.54) is 18.0 Å². The summed E-state index contributed by atoms with van der Waals surface area (Å²) in [6.45, 7) is 2.42. The molecule has 0 fully saturated rings. The predicted octanol–water partition coefficient (Wildman–Crippen LogP) is 3.41. The molecule has 0 aliphatic rings. The zero-order valence-corrected chi connectivity index (χ0v) is 16.9. The Hall–Kier alpha value is -2.94. The fourth-order valence-corrected chi connectivity index (χ4v) is 3.24. The summed E-state index contributed by atoms with van der Waals surface area (Å²) in [6, 6.07) is 7.25. The van der Waals surface area contributed by atoms with Crippen LogP contribution in [0.5, 0.6) is 11.5 Å². The molecule has 0 saturated heterocycles. The van der Waals surface area contributed by atoms with Gasteiger partial charge in [-0.25, -0.2) is 0 Å². The van der Waals surface area contributed by atoms with Crippen molar-refractivity contribution in [1.29, 1.82) is 0 Å². The highest BCUT2D eigenvalue weighted by Gasteiger charge is 2.17. The van der Waals surface area contributed by atoms with Gasteiger partial charge < -0.3 is 23.2 Å². The molecule has 8 nitrogen and oxygen atoms in total. The lowest BCUT2D eigenvalue weighted by Gasteiger charge is -2.19. The van der Waals surface area contributed by atoms with Crippen molar-refractivity contribution in [2.45, 2.75) is 18.7 Å². The molecule has 28 heavy (non-hydrogen) atoms. The van der Waals surface area contributed by atoms with E-state index in [0.29, 0.717) is 29.0 Å². The Morgan fingerprint density at radius 3 is 2.64 bits per heavy atom. The molecule has 0 atom stereocenters. The second-order valence-corrected chi connectivity index (χ2v) is 6.95. The van der Waals surface area contributed by atoms with Crippen molar-refractivity contribution in [2.75, 3.05) is 27.0 Å². The Morgan fingerprint density at radius 1 is 1.21 bits per heavy atom. The van der Waals surface area contributed by atoms with Crippen LogP contribution in [0.15, 0.2) is 44.6 Å². The third-order valence-corrected chi connectivity index (χ3v) is 4.94. The second kappa shape index (κ2) is 8.83. The average Bonchev–Trinajstić information content (AvgIpc) is 3.38. The summed E-state index contributed by atoms with van der Waals surface area (Å²) in [6.07, 6.45) is 1.53. The maximum absolute atomic E-state index is 12.5. The molecule has 0 radical (unpaired) electrons. The van der Waals surface area contributed by atoms with Crippen LogP contribution in [0.25, 0.3) is 11.7 Å². The molecule has 0 spiro atoms. The monoisotopic (exact) mass is 403 g/mol. The summed E-state index contributed by atoms with van der Waals surface area (Å²) >= 11 is 1.19. The van der Waals surface area contributed by atoms with E-state index in [1.54, 1.807) is 38.3 Å². The van der Waals surface area contributed by atoms with Crippen molar-refractivity contribution in [1.82, 2.24) is 15.1 Å². The number of furan rings is 1. The number of nitrogens with zero attached hydrogens (tertiary/aromatic N) is 3. The lowest BCUT2D eigenvalue weighted by molar-refractivity contribution is -0.127. The third kappa shape index (κ3) is 4.48. The molecule has 0 unspecified atom stereocenters. The average molecular weight is 403 g/mol. The van der Waals surface area contributed by atoms with Gasteiger partial charge in [-0.05, 0) is 42.3 Å². The molecular weight excluding hydrogens is 382 g/mol. The predicted molar refractivity (Wildman–Crippen MR) is 103 cm³/mol. The summed E-state index contributed by atoms with van der Waals surface area (Å²) in [4.78, 5) is 14.1. The van der Waals surface area contributed by atoms with Gasteiger partial charge in [0.2, 0.25) is 5.91 Å². The molecule has 2 heterocycles. The number of hydrogen-bond acceptors (Lipinski definition) is 8. The largest absolute Gasteiger partial charge is 0.493 e. The van der Waals surface area contributed by atoms with Crippen molar-refractivity contribution in [3.63, 3.8) is 0 Å². The zero-order chi connectivity index (χ0) is 20.1. The van der Waals surface area contributed by atoms with E-state index in [4.69, 9.17) is 18.3 Å². The number of carbonyl (C=O) groups is 1. The fraction of sp³-hybridized carbons (Fsp3) is 0.316. The summed E-state index contributed by atoms with van der Waals surface area (Å²) in [5.41, 5.74) is 2.00. The van der Waals surface area contributed by atoms with E-state index < -0.39 is 0 Å². The summed E-state index contributed by atoms with van der Waals surface area (Å²) < 4.78 is 21.4. The van der Waals surface area contributed by atoms with Crippen molar-refractivity contribution in [3.05, 3.63) is 41.7 Å². The van der Waals surface area contributed by atoms with Gasteiger partial charge in [-0.15, -0.1) is 10.2 Å². The molecular formula is C19H21N3O5S. The molecule has 9 heteroatoms. The summed E-state index contributed by atoms with van der Waals surface area (Å²) in [7, 11) is 4.93. The maximum Gasteiger partial charge on any atom is 0.284 e. The molecule has 1 aromatic carbocycles. The normalized spacial score (nSPS) is 10.7. The lowest BCUT2D eigenvalue weighted by Crippen LogP contribution is -2.28. The van der Waals surface area contributed by atoms with Crippen molar-refractivity contribution in [3.8, 4) is 23.1 Å². The highest BCUT2D eigenvalue weighted by Crippen LogP contribution is 2.31. The smallest absolute Gasteiger partial charge is 0.284 e. The van der Waals surface area contributed by atoms with Crippen LogP contribution >= 0.6 is 11.8 Å². The SMILES string of the molecule is COc1cc(C)c(CN(C)C(=O)CSc2nnc(-c3ccco3)o2)cc1OC. The van der Waals surface area contributed by atoms with Crippen LogP contribution in [0.3, 0.4) is 0 Å². The first kappa shape index (κ1) is 19.8. The summed E-state index contributed by atoms with van der Waals surface area (Å²) in [5, 5.41) is 8.16. The van der Waals surface area contributed by atoms with Crippen LogP contribution in [-0.2, 0) is 11.3 Å². The van der Waals surface area contributed by atoms with Crippen LogP contribution < -0.4 is 9.47 Å². The number of aromatic nitrogens is 2. The molecule has 2 aromatic heterocycles. The van der Waals surface area contributed by atoms with Gasteiger partial charge in [0.15, 0.2) is 17.3 Å². The van der Waals surface area contributed by atoms with Crippen LogP contribution in [0.2, 0.25) is 0 Å². The number of thioether (sulfide) groups is 1. The second-order valence-electron chi connectivity index (χ2n) is 6.02. The number of methoxy groups -OCH3 is 2. The Balaban J connectivity index is 1.59. The van der Waals surface area contributed by atoms with E-state index in [1.807, 2.05) is 19.1 Å². The van der Waals surface area contributed by atoms with E-state index in [9.17, 15) is 4.79 Å². The van der Waals surface area contributed by atoms with Gasteiger partial charge in [0.1, 0.15) is 0 Å².